The first-order chi connectivity index (χ1) is 6.09. The average molecular weight is 219 g/mol. The smallest absolute Gasteiger partial charge is 0.184 e. The summed E-state index contributed by atoms with van der Waals surface area (Å²) in [4.78, 5) is 0.436. The Hall–Kier alpha value is -0.540. The highest BCUT2D eigenvalue weighted by atomic mass is 35.5. The Labute approximate surface area is 84.4 Å². The summed E-state index contributed by atoms with van der Waals surface area (Å²) >= 11 is 5.81. The molecule has 0 spiro atoms. The van der Waals surface area contributed by atoms with Gasteiger partial charge in [-0.1, -0.05) is 17.7 Å². The summed E-state index contributed by atoms with van der Waals surface area (Å²) < 4.78 is 21.1. The Bertz CT molecular complexity index is 366. The first-order valence-electron chi connectivity index (χ1n) is 4.06. The molecule has 13 heavy (non-hydrogen) atoms. The van der Waals surface area contributed by atoms with Gasteiger partial charge in [0, 0.05) is 11.8 Å². The highest BCUT2D eigenvalue weighted by Crippen LogP contribution is 2.16. The van der Waals surface area contributed by atoms with Gasteiger partial charge in [-0.05, 0) is 19.4 Å². The van der Waals surface area contributed by atoms with E-state index in [2.05, 4.69) is 0 Å². The van der Waals surface area contributed by atoms with E-state index in [0.717, 1.165) is 12.0 Å². The van der Waals surface area contributed by atoms with Gasteiger partial charge in [0.05, 0.1) is 4.86 Å². The van der Waals surface area contributed by atoms with E-state index in [9.17, 15) is 8.42 Å². The lowest BCUT2D eigenvalue weighted by atomic mass is 10.0. The number of alkyl halides is 1. The third-order valence-electron chi connectivity index (χ3n) is 1.78. The van der Waals surface area contributed by atoms with E-state index in [0.29, 0.717) is 11.3 Å². The van der Waals surface area contributed by atoms with Crippen LogP contribution in [0.2, 0.25) is 0 Å². The zero-order valence-electron chi connectivity index (χ0n) is 7.33. The molecule has 1 unspecified atom stereocenters. The normalized spacial score (nSPS) is 18.3. The van der Waals surface area contributed by atoms with E-state index < -0.39 is 10.3 Å². The average Bonchev–Trinajstić information content (AvgIpc) is 2.04. The van der Waals surface area contributed by atoms with Gasteiger partial charge in [-0.3, -0.25) is 0 Å². The van der Waals surface area contributed by atoms with Gasteiger partial charge in [0.25, 0.3) is 0 Å². The van der Waals surface area contributed by atoms with Crippen molar-refractivity contribution in [3.8, 4) is 0 Å². The van der Waals surface area contributed by atoms with Crippen molar-refractivity contribution < 1.29 is 8.42 Å². The maximum absolute atomic E-state index is 10.5. The predicted octanol–water partition coefficient (Wildman–Crippen LogP) is 1.94. The van der Waals surface area contributed by atoms with Gasteiger partial charge in [0.2, 0.25) is 10.3 Å². The molecule has 0 saturated heterocycles. The Kier molecular flexibility index (Phi) is 3.75. The van der Waals surface area contributed by atoms with E-state index in [1.165, 1.54) is 0 Å². The molecule has 0 bridgehead atoms. The zero-order valence-corrected chi connectivity index (χ0v) is 8.90. The van der Waals surface area contributed by atoms with Gasteiger partial charge in [0.1, 0.15) is 0 Å². The molecule has 1 rings (SSSR count). The van der Waals surface area contributed by atoms with E-state index in [1.54, 1.807) is 6.08 Å². The quantitative estimate of drug-likeness (QED) is 0.525. The predicted molar refractivity (Wildman–Crippen MR) is 55.7 cm³/mol. The Morgan fingerprint density at radius 3 is 2.62 bits per heavy atom. The molecule has 1 aliphatic carbocycles. The molecule has 0 aromatic heterocycles. The maximum atomic E-state index is 10.5. The van der Waals surface area contributed by atoms with Gasteiger partial charge in [-0.25, -0.2) is 0 Å². The summed E-state index contributed by atoms with van der Waals surface area (Å²) in [7, 11) is -2.08. The second-order valence-electron chi connectivity index (χ2n) is 3.00. The van der Waals surface area contributed by atoms with E-state index in [1.807, 2.05) is 19.1 Å². The summed E-state index contributed by atoms with van der Waals surface area (Å²) in [6.45, 7) is 1.92. The molecular formula is C9H11ClO2S. The first kappa shape index (κ1) is 10.5. The van der Waals surface area contributed by atoms with Crippen molar-refractivity contribution in [1.29, 1.82) is 0 Å². The summed E-state index contributed by atoms with van der Waals surface area (Å²) in [5.74, 6) is 0. The van der Waals surface area contributed by atoms with Crippen LogP contribution in [-0.2, 0) is 10.3 Å². The largest absolute Gasteiger partial charge is 0.217 e. The third-order valence-corrected chi connectivity index (χ3v) is 2.66. The van der Waals surface area contributed by atoms with Crippen LogP contribution in [0.3, 0.4) is 0 Å². The van der Waals surface area contributed by atoms with Crippen LogP contribution >= 0.6 is 11.6 Å². The van der Waals surface area contributed by atoms with E-state index in [-0.39, 0.29) is 5.38 Å². The van der Waals surface area contributed by atoms with Crippen LogP contribution in [0, 0.1) is 0 Å². The zero-order chi connectivity index (χ0) is 9.84. The van der Waals surface area contributed by atoms with Crippen LogP contribution < -0.4 is 0 Å². The number of rotatable bonds is 2. The van der Waals surface area contributed by atoms with Gasteiger partial charge in [0.15, 0.2) is 0 Å². The van der Waals surface area contributed by atoms with Gasteiger partial charge < -0.3 is 0 Å². The lowest BCUT2D eigenvalue weighted by Crippen LogP contribution is -2.01. The summed E-state index contributed by atoms with van der Waals surface area (Å²) in [5, 5.41) is 0.0928. The van der Waals surface area contributed by atoms with Crippen molar-refractivity contribution >= 4 is 26.8 Å². The van der Waals surface area contributed by atoms with Crippen molar-refractivity contribution in [3.05, 3.63) is 23.8 Å². The fraction of sp³-hybridized carbons (Fsp3) is 0.444. The molecule has 0 fully saturated rings. The summed E-state index contributed by atoms with van der Waals surface area (Å²) in [5.41, 5.74) is 1.11. The minimum absolute atomic E-state index is 0.0928. The molecule has 0 saturated carbocycles. The molecule has 0 amide bonds. The van der Waals surface area contributed by atoms with Crippen molar-refractivity contribution in [2.45, 2.75) is 25.1 Å². The molecular weight excluding hydrogens is 208 g/mol. The maximum Gasteiger partial charge on any atom is 0.217 e. The Morgan fingerprint density at radius 2 is 2.23 bits per heavy atom. The highest BCUT2D eigenvalue weighted by Gasteiger charge is 2.05. The molecule has 2 nitrogen and oxygen atoms in total. The standard InChI is InChI=1S/C9H11ClO2S/c1-7(10)6-8-2-4-9(5-3-8)13(11)12/h2-4,7H,5-6H2,1H3. The fourth-order valence-corrected chi connectivity index (χ4v) is 1.74. The van der Waals surface area contributed by atoms with Crippen LogP contribution in [-0.4, -0.2) is 18.7 Å². The van der Waals surface area contributed by atoms with Crippen molar-refractivity contribution in [3.63, 3.8) is 0 Å². The van der Waals surface area contributed by atoms with Crippen LogP contribution in [0.4, 0.5) is 0 Å². The van der Waals surface area contributed by atoms with Crippen LogP contribution in [0.5, 0.6) is 0 Å². The molecule has 0 aliphatic heterocycles. The SMILES string of the molecule is CC(Cl)CC1=CCC(=S(=O)=O)C=C1. The number of hydrogen-bond donors (Lipinski definition) is 0. The Morgan fingerprint density at radius 1 is 1.54 bits per heavy atom. The molecule has 1 aliphatic rings. The van der Waals surface area contributed by atoms with Gasteiger partial charge in [-0.2, -0.15) is 8.42 Å². The van der Waals surface area contributed by atoms with E-state index >= 15 is 0 Å². The fourth-order valence-electron chi connectivity index (χ4n) is 1.17. The first-order valence-corrected chi connectivity index (χ1v) is 5.57. The van der Waals surface area contributed by atoms with E-state index in [4.69, 9.17) is 11.6 Å². The minimum Gasteiger partial charge on any atom is -0.184 e. The third kappa shape index (κ3) is 3.36. The summed E-state index contributed by atoms with van der Waals surface area (Å²) in [6.07, 6.45) is 6.64. The molecule has 0 N–H and O–H groups in total. The monoisotopic (exact) mass is 218 g/mol. The van der Waals surface area contributed by atoms with Crippen LogP contribution in [0.15, 0.2) is 23.8 Å². The molecule has 0 radical (unpaired) electrons. The molecule has 0 aromatic rings. The second-order valence-corrected chi connectivity index (χ2v) is 4.74. The highest BCUT2D eigenvalue weighted by molar-refractivity contribution is 7.73. The molecule has 4 heteroatoms. The van der Waals surface area contributed by atoms with Gasteiger partial charge in [-0.15, -0.1) is 11.6 Å². The minimum atomic E-state index is -2.08. The Balaban J connectivity index is 2.71. The van der Waals surface area contributed by atoms with Crippen molar-refractivity contribution in [2.75, 3.05) is 0 Å². The number of allylic oxidation sites excluding steroid dienone is 4. The molecule has 0 heterocycles. The molecule has 0 aromatic carbocycles. The lowest BCUT2D eigenvalue weighted by molar-refractivity contribution is 0.627. The summed E-state index contributed by atoms with van der Waals surface area (Å²) in [6, 6.07) is 0. The molecule has 1 atom stereocenters. The second kappa shape index (κ2) is 4.63. The van der Waals surface area contributed by atoms with Crippen LogP contribution in [0.25, 0.3) is 0 Å². The lowest BCUT2D eigenvalue weighted by Gasteiger charge is -2.07. The number of halogens is 1. The van der Waals surface area contributed by atoms with Crippen molar-refractivity contribution in [2.24, 2.45) is 0 Å². The van der Waals surface area contributed by atoms with Gasteiger partial charge >= 0.3 is 0 Å². The molecule has 72 valence electrons. The van der Waals surface area contributed by atoms with Crippen LogP contribution in [0.1, 0.15) is 19.8 Å². The topological polar surface area (TPSA) is 34.1 Å². The number of hydrogen-bond acceptors (Lipinski definition) is 2. The van der Waals surface area contributed by atoms with Crippen molar-refractivity contribution in [1.82, 2.24) is 0 Å².